The number of nitrogens with zero attached hydrogens (tertiary/aromatic N) is 2. The van der Waals surface area contributed by atoms with E-state index >= 15 is 0 Å². The normalized spacial score (nSPS) is 11.5. The van der Waals surface area contributed by atoms with Gasteiger partial charge in [0, 0.05) is 5.56 Å². The van der Waals surface area contributed by atoms with Crippen molar-refractivity contribution in [3.05, 3.63) is 72.1 Å². The lowest BCUT2D eigenvalue weighted by molar-refractivity contribution is -0.145. The van der Waals surface area contributed by atoms with Crippen LogP contribution in [0.25, 0.3) is 11.5 Å². The number of carbonyl (C=O) groups is 2. The van der Waals surface area contributed by atoms with E-state index in [1.165, 1.54) is 0 Å². The summed E-state index contributed by atoms with van der Waals surface area (Å²) in [6.45, 7) is 1.94. The number of benzene rings is 2. The Kier molecular flexibility index (Phi) is 6.94. The SMILES string of the molecule is CCOC(=O)[C@H](Cc1nnc(-c2ccccc2)o1)NC(=O)OCc1ccccc1. The quantitative estimate of drug-likeness (QED) is 0.584. The maximum absolute atomic E-state index is 12.3. The number of hydrogen-bond acceptors (Lipinski definition) is 7. The van der Waals surface area contributed by atoms with Crippen LogP contribution in [0.1, 0.15) is 18.4 Å². The van der Waals surface area contributed by atoms with E-state index < -0.39 is 18.1 Å². The molecule has 2 aromatic carbocycles. The molecule has 3 rings (SSSR count). The molecule has 1 N–H and O–H groups in total. The van der Waals surface area contributed by atoms with E-state index in [9.17, 15) is 9.59 Å². The second-order valence-electron chi connectivity index (χ2n) is 6.08. The molecule has 0 saturated carbocycles. The lowest BCUT2D eigenvalue weighted by atomic mass is 10.2. The molecule has 1 heterocycles. The van der Waals surface area contributed by atoms with Crippen LogP contribution in [-0.4, -0.2) is 34.9 Å². The third-order valence-electron chi connectivity index (χ3n) is 3.94. The number of amides is 1. The minimum Gasteiger partial charge on any atom is -0.464 e. The number of alkyl carbamates (subject to hydrolysis) is 1. The molecule has 0 spiro atoms. The topological polar surface area (TPSA) is 104 Å². The van der Waals surface area contributed by atoms with Gasteiger partial charge in [0.15, 0.2) is 0 Å². The van der Waals surface area contributed by atoms with Crippen LogP contribution in [0.3, 0.4) is 0 Å². The van der Waals surface area contributed by atoms with Crippen molar-refractivity contribution in [1.82, 2.24) is 15.5 Å². The second-order valence-corrected chi connectivity index (χ2v) is 6.08. The zero-order valence-corrected chi connectivity index (χ0v) is 15.9. The molecular formula is C21H21N3O5. The van der Waals surface area contributed by atoms with Gasteiger partial charge in [-0.2, -0.15) is 0 Å². The average Bonchev–Trinajstić information content (AvgIpc) is 3.22. The van der Waals surface area contributed by atoms with Crippen molar-refractivity contribution < 1.29 is 23.5 Å². The first-order valence-corrected chi connectivity index (χ1v) is 9.17. The zero-order valence-electron chi connectivity index (χ0n) is 15.9. The predicted octanol–water partition coefficient (Wildman–Crippen LogP) is 3.14. The van der Waals surface area contributed by atoms with Gasteiger partial charge in [-0.25, -0.2) is 9.59 Å². The molecular weight excluding hydrogens is 374 g/mol. The fourth-order valence-corrected chi connectivity index (χ4v) is 2.55. The van der Waals surface area contributed by atoms with Crippen LogP contribution in [0.5, 0.6) is 0 Å². The van der Waals surface area contributed by atoms with Gasteiger partial charge in [-0.1, -0.05) is 48.5 Å². The van der Waals surface area contributed by atoms with Gasteiger partial charge >= 0.3 is 12.1 Å². The molecule has 29 heavy (non-hydrogen) atoms. The fraction of sp³-hybridized carbons (Fsp3) is 0.238. The maximum atomic E-state index is 12.3. The Morgan fingerprint density at radius 3 is 2.38 bits per heavy atom. The molecule has 3 aromatic rings. The molecule has 150 valence electrons. The van der Waals surface area contributed by atoms with Crippen LogP contribution in [0.15, 0.2) is 65.1 Å². The third kappa shape index (κ3) is 5.90. The van der Waals surface area contributed by atoms with Crippen LogP contribution < -0.4 is 5.32 Å². The van der Waals surface area contributed by atoms with Gasteiger partial charge in [0.1, 0.15) is 12.6 Å². The molecule has 8 heteroatoms. The molecule has 0 bridgehead atoms. The summed E-state index contributed by atoms with van der Waals surface area (Å²) in [6, 6.07) is 17.5. The highest BCUT2D eigenvalue weighted by atomic mass is 16.6. The number of aromatic nitrogens is 2. The van der Waals surface area contributed by atoms with Gasteiger partial charge in [0.05, 0.1) is 13.0 Å². The van der Waals surface area contributed by atoms with Crippen molar-refractivity contribution in [2.24, 2.45) is 0 Å². The van der Waals surface area contributed by atoms with Crippen LogP contribution in [0.4, 0.5) is 4.79 Å². The van der Waals surface area contributed by atoms with E-state index in [1.807, 2.05) is 60.7 Å². The Balaban J connectivity index is 1.63. The maximum Gasteiger partial charge on any atom is 0.408 e. The Labute approximate surface area is 167 Å². The zero-order chi connectivity index (χ0) is 20.5. The molecule has 0 aliphatic heterocycles. The molecule has 0 radical (unpaired) electrons. The van der Waals surface area contributed by atoms with Crippen molar-refractivity contribution >= 4 is 12.1 Å². The fourth-order valence-electron chi connectivity index (χ4n) is 2.55. The van der Waals surface area contributed by atoms with E-state index in [0.717, 1.165) is 11.1 Å². The standard InChI is InChI=1S/C21H21N3O5/c1-2-27-20(25)17(22-21(26)28-14-15-9-5-3-6-10-15)13-18-23-24-19(29-18)16-11-7-4-8-12-16/h3-12,17H,2,13-14H2,1H3,(H,22,26)/t17-/m0/s1. The molecule has 8 nitrogen and oxygen atoms in total. The Hall–Kier alpha value is -3.68. The predicted molar refractivity (Wildman–Crippen MR) is 104 cm³/mol. The van der Waals surface area contributed by atoms with Gasteiger partial charge in [-0.3, -0.25) is 0 Å². The summed E-state index contributed by atoms with van der Waals surface area (Å²) in [5.41, 5.74) is 1.59. The van der Waals surface area contributed by atoms with Crippen molar-refractivity contribution in [2.75, 3.05) is 6.61 Å². The second kappa shape index (κ2) is 10.0. The number of nitrogens with one attached hydrogen (secondary N) is 1. The third-order valence-corrected chi connectivity index (χ3v) is 3.94. The minimum absolute atomic E-state index is 0.0148. The molecule has 1 amide bonds. The highest BCUT2D eigenvalue weighted by Gasteiger charge is 2.26. The largest absolute Gasteiger partial charge is 0.464 e. The summed E-state index contributed by atoms with van der Waals surface area (Å²) in [5.74, 6) is -0.0799. The van der Waals surface area contributed by atoms with E-state index in [2.05, 4.69) is 15.5 Å². The van der Waals surface area contributed by atoms with Gasteiger partial charge in [0.2, 0.25) is 11.8 Å². The number of rotatable bonds is 8. The number of ether oxygens (including phenoxy) is 2. The molecule has 0 unspecified atom stereocenters. The minimum atomic E-state index is -1.01. The van der Waals surface area contributed by atoms with E-state index in [4.69, 9.17) is 13.9 Å². The van der Waals surface area contributed by atoms with E-state index in [-0.39, 0.29) is 25.5 Å². The van der Waals surface area contributed by atoms with Crippen molar-refractivity contribution in [1.29, 1.82) is 0 Å². The summed E-state index contributed by atoms with van der Waals surface area (Å²) in [5, 5.41) is 10.5. The summed E-state index contributed by atoms with van der Waals surface area (Å²) >= 11 is 0. The molecule has 0 fully saturated rings. The van der Waals surface area contributed by atoms with E-state index in [0.29, 0.717) is 5.89 Å². The lowest BCUT2D eigenvalue weighted by Crippen LogP contribution is -2.43. The molecule has 0 aliphatic carbocycles. The smallest absolute Gasteiger partial charge is 0.408 e. The first-order chi connectivity index (χ1) is 14.2. The molecule has 1 aromatic heterocycles. The van der Waals surface area contributed by atoms with Gasteiger partial charge in [-0.05, 0) is 24.6 Å². The van der Waals surface area contributed by atoms with Crippen LogP contribution in [0.2, 0.25) is 0 Å². The Morgan fingerprint density at radius 2 is 1.69 bits per heavy atom. The van der Waals surface area contributed by atoms with Crippen molar-refractivity contribution in [2.45, 2.75) is 26.0 Å². The summed E-state index contributed by atoms with van der Waals surface area (Å²) < 4.78 is 15.8. The van der Waals surface area contributed by atoms with Crippen LogP contribution >= 0.6 is 0 Å². The van der Waals surface area contributed by atoms with Crippen molar-refractivity contribution in [3.8, 4) is 11.5 Å². The first kappa shape index (κ1) is 20.1. The summed E-state index contributed by atoms with van der Waals surface area (Å²) in [4.78, 5) is 24.4. The Morgan fingerprint density at radius 1 is 1.00 bits per heavy atom. The number of esters is 1. The lowest BCUT2D eigenvalue weighted by Gasteiger charge is -2.15. The van der Waals surface area contributed by atoms with Gasteiger partial charge in [0.25, 0.3) is 0 Å². The summed E-state index contributed by atoms with van der Waals surface area (Å²) in [7, 11) is 0. The molecule has 0 aliphatic rings. The van der Waals surface area contributed by atoms with Crippen molar-refractivity contribution in [3.63, 3.8) is 0 Å². The Bertz CT molecular complexity index is 928. The highest BCUT2D eigenvalue weighted by molar-refractivity contribution is 5.81. The number of hydrogen-bond donors (Lipinski definition) is 1. The van der Waals surface area contributed by atoms with Gasteiger partial charge in [-0.15, -0.1) is 10.2 Å². The van der Waals surface area contributed by atoms with E-state index in [1.54, 1.807) is 6.92 Å². The molecule has 1 atom stereocenters. The monoisotopic (exact) mass is 395 g/mol. The molecule has 0 saturated heterocycles. The van der Waals surface area contributed by atoms with Crippen LogP contribution in [0, 0.1) is 0 Å². The summed E-state index contributed by atoms with van der Waals surface area (Å²) in [6.07, 6.45) is -0.756. The average molecular weight is 395 g/mol. The van der Waals surface area contributed by atoms with Gasteiger partial charge < -0.3 is 19.2 Å². The highest BCUT2D eigenvalue weighted by Crippen LogP contribution is 2.17. The number of carbonyl (C=O) groups excluding carboxylic acids is 2. The van der Waals surface area contributed by atoms with Crippen LogP contribution in [-0.2, 0) is 27.3 Å². The first-order valence-electron chi connectivity index (χ1n) is 9.17.